The van der Waals surface area contributed by atoms with Crippen LogP contribution in [0.2, 0.25) is 0 Å². The van der Waals surface area contributed by atoms with E-state index in [0.29, 0.717) is 17.5 Å². The van der Waals surface area contributed by atoms with E-state index in [1.54, 1.807) is 0 Å². The van der Waals surface area contributed by atoms with Gasteiger partial charge in [-0.1, -0.05) is 13.3 Å². The molecule has 0 atom stereocenters. The molecule has 1 heterocycles. The molecule has 0 unspecified atom stereocenters. The summed E-state index contributed by atoms with van der Waals surface area (Å²) < 4.78 is 26.0. The minimum absolute atomic E-state index is 0.400. The Labute approximate surface area is 122 Å². The van der Waals surface area contributed by atoms with Gasteiger partial charge in [0.25, 0.3) is 0 Å². The molecular formula is C14H17F2N5. The van der Waals surface area contributed by atoms with Crippen molar-refractivity contribution in [1.82, 2.24) is 15.2 Å². The van der Waals surface area contributed by atoms with Crippen molar-refractivity contribution < 1.29 is 8.78 Å². The van der Waals surface area contributed by atoms with Crippen LogP contribution in [0.4, 0.5) is 26.2 Å². The van der Waals surface area contributed by atoms with Crippen molar-refractivity contribution in [2.75, 3.05) is 23.8 Å². The van der Waals surface area contributed by atoms with Gasteiger partial charge >= 0.3 is 0 Å². The molecule has 0 spiro atoms. The van der Waals surface area contributed by atoms with Gasteiger partial charge in [-0.15, -0.1) is 5.10 Å². The van der Waals surface area contributed by atoms with E-state index in [4.69, 9.17) is 0 Å². The summed E-state index contributed by atoms with van der Waals surface area (Å²) in [5.74, 6) is -0.894. The van der Waals surface area contributed by atoms with Crippen molar-refractivity contribution >= 4 is 17.5 Å². The topological polar surface area (TPSA) is 53.9 Å². The van der Waals surface area contributed by atoms with Crippen LogP contribution in [0, 0.1) is 11.6 Å². The molecule has 112 valence electrons. The highest BCUT2D eigenvalue weighted by molar-refractivity contribution is 5.56. The molecule has 7 heteroatoms. The number of nitrogens with zero attached hydrogens (tertiary/aromatic N) is 4. The summed E-state index contributed by atoms with van der Waals surface area (Å²) in [7, 11) is 1.88. The summed E-state index contributed by atoms with van der Waals surface area (Å²) in [5.41, 5.74) is 0.400. The maximum Gasteiger partial charge on any atom is 0.247 e. The SMILES string of the molecule is CCCCN(C)c1nncc(Nc2ccc(F)c(F)c2)n1. The third-order valence-electron chi connectivity index (χ3n) is 2.93. The number of rotatable bonds is 6. The molecule has 5 nitrogen and oxygen atoms in total. The van der Waals surface area contributed by atoms with E-state index in [9.17, 15) is 8.78 Å². The molecule has 0 bridgehead atoms. The zero-order valence-corrected chi connectivity index (χ0v) is 12.0. The maximum atomic E-state index is 13.2. The summed E-state index contributed by atoms with van der Waals surface area (Å²) in [5, 5.41) is 10.7. The average Bonchev–Trinajstić information content (AvgIpc) is 2.49. The molecule has 0 aliphatic heterocycles. The highest BCUT2D eigenvalue weighted by Gasteiger charge is 2.07. The van der Waals surface area contributed by atoms with Gasteiger partial charge < -0.3 is 10.2 Å². The first-order valence-corrected chi connectivity index (χ1v) is 6.73. The molecule has 0 saturated carbocycles. The van der Waals surface area contributed by atoms with Crippen molar-refractivity contribution in [3.63, 3.8) is 0 Å². The number of nitrogens with one attached hydrogen (secondary N) is 1. The van der Waals surface area contributed by atoms with Gasteiger partial charge in [-0.25, -0.2) is 8.78 Å². The first kappa shape index (κ1) is 15.1. The van der Waals surface area contributed by atoms with Crippen molar-refractivity contribution in [2.45, 2.75) is 19.8 Å². The highest BCUT2D eigenvalue weighted by Crippen LogP contribution is 2.18. The van der Waals surface area contributed by atoms with E-state index >= 15 is 0 Å². The number of anilines is 3. The fraction of sp³-hybridized carbons (Fsp3) is 0.357. The second-order valence-corrected chi connectivity index (χ2v) is 4.67. The summed E-state index contributed by atoms with van der Waals surface area (Å²) in [6, 6.07) is 3.56. The Hall–Kier alpha value is -2.31. The Balaban J connectivity index is 2.11. The van der Waals surface area contributed by atoms with Gasteiger partial charge in [-0.3, -0.25) is 0 Å². The van der Waals surface area contributed by atoms with Crippen LogP contribution in [0.1, 0.15) is 19.8 Å². The van der Waals surface area contributed by atoms with Crippen molar-refractivity contribution in [3.05, 3.63) is 36.0 Å². The lowest BCUT2D eigenvalue weighted by Crippen LogP contribution is -2.21. The lowest BCUT2D eigenvalue weighted by molar-refractivity contribution is 0.509. The normalized spacial score (nSPS) is 10.5. The van der Waals surface area contributed by atoms with Gasteiger partial charge in [-0.2, -0.15) is 10.1 Å². The number of halogens is 2. The van der Waals surface area contributed by atoms with Gasteiger partial charge in [0.1, 0.15) is 0 Å². The van der Waals surface area contributed by atoms with E-state index in [0.717, 1.165) is 31.5 Å². The Bertz CT molecular complexity index is 606. The molecule has 2 rings (SSSR count). The molecule has 0 amide bonds. The number of hydrogen-bond donors (Lipinski definition) is 1. The highest BCUT2D eigenvalue weighted by atomic mass is 19.2. The largest absolute Gasteiger partial charge is 0.343 e. The minimum atomic E-state index is -0.915. The minimum Gasteiger partial charge on any atom is -0.343 e. The number of benzene rings is 1. The molecule has 0 aliphatic rings. The van der Waals surface area contributed by atoms with Crippen LogP contribution in [0.15, 0.2) is 24.4 Å². The Morgan fingerprint density at radius 2 is 2.05 bits per heavy atom. The van der Waals surface area contributed by atoms with Gasteiger partial charge in [-0.05, 0) is 18.6 Å². The molecular weight excluding hydrogens is 276 g/mol. The molecule has 1 aromatic heterocycles. The first-order valence-electron chi connectivity index (χ1n) is 6.73. The lowest BCUT2D eigenvalue weighted by Gasteiger charge is -2.16. The van der Waals surface area contributed by atoms with Gasteiger partial charge in [0, 0.05) is 25.3 Å². The van der Waals surface area contributed by atoms with Crippen LogP contribution in [-0.2, 0) is 0 Å². The van der Waals surface area contributed by atoms with Gasteiger partial charge in [0.05, 0.1) is 6.20 Å². The van der Waals surface area contributed by atoms with E-state index < -0.39 is 11.6 Å². The monoisotopic (exact) mass is 293 g/mol. The fourth-order valence-electron chi connectivity index (χ4n) is 1.73. The first-order chi connectivity index (χ1) is 10.1. The quantitative estimate of drug-likeness (QED) is 0.886. The Kier molecular flexibility index (Phi) is 4.97. The molecule has 0 fully saturated rings. The lowest BCUT2D eigenvalue weighted by atomic mass is 10.3. The predicted octanol–water partition coefficient (Wildman–Crippen LogP) is 3.13. The van der Waals surface area contributed by atoms with Crippen molar-refractivity contribution in [3.8, 4) is 0 Å². The predicted molar refractivity (Wildman–Crippen MR) is 77.6 cm³/mol. The maximum absolute atomic E-state index is 13.2. The number of unbranched alkanes of at least 4 members (excludes halogenated alkanes) is 1. The van der Waals surface area contributed by atoms with E-state index in [1.165, 1.54) is 12.3 Å². The second-order valence-electron chi connectivity index (χ2n) is 4.67. The van der Waals surface area contributed by atoms with Crippen molar-refractivity contribution in [2.24, 2.45) is 0 Å². The molecule has 0 radical (unpaired) electrons. The zero-order valence-electron chi connectivity index (χ0n) is 12.0. The Morgan fingerprint density at radius 3 is 2.76 bits per heavy atom. The zero-order chi connectivity index (χ0) is 15.2. The smallest absolute Gasteiger partial charge is 0.247 e. The summed E-state index contributed by atoms with van der Waals surface area (Å²) in [4.78, 5) is 6.19. The van der Waals surface area contributed by atoms with Crippen LogP contribution in [0.5, 0.6) is 0 Å². The third-order valence-corrected chi connectivity index (χ3v) is 2.93. The third kappa shape index (κ3) is 4.08. The van der Waals surface area contributed by atoms with Crippen LogP contribution >= 0.6 is 0 Å². The molecule has 1 N–H and O–H groups in total. The summed E-state index contributed by atoms with van der Waals surface area (Å²) in [6.45, 7) is 2.93. The van der Waals surface area contributed by atoms with E-state index in [1.807, 2.05) is 11.9 Å². The van der Waals surface area contributed by atoms with E-state index in [2.05, 4.69) is 27.4 Å². The fourth-order valence-corrected chi connectivity index (χ4v) is 1.73. The van der Waals surface area contributed by atoms with Crippen LogP contribution in [0.3, 0.4) is 0 Å². The molecule has 21 heavy (non-hydrogen) atoms. The molecule has 1 aromatic carbocycles. The average molecular weight is 293 g/mol. The molecule has 0 saturated heterocycles. The van der Waals surface area contributed by atoms with Crippen molar-refractivity contribution in [1.29, 1.82) is 0 Å². The molecule has 0 aliphatic carbocycles. The standard InChI is InChI=1S/C14H17F2N5/c1-3-4-7-21(2)14-19-13(9-17-20-14)18-10-5-6-11(15)12(16)8-10/h5-6,8-9H,3-4,7H2,1-2H3,(H,18,19,20). The second kappa shape index (κ2) is 6.92. The Morgan fingerprint density at radius 1 is 1.24 bits per heavy atom. The number of hydrogen-bond acceptors (Lipinski definition) is 5. The van der Waals surface area contributed by atoms with Crippen LogP contribution < -0.4 is 10.2 Å². The van der Waals surface area contributed by atoms with Crippen LogP contribution in [-0.4, -0.2) is 28.8 Å². The molecule has 2 aromatic rings. The van der Waals surface area contributed by atoms with E-state index in [-0.39, 0.29) is 0 Å². The van der Waals surface area contributed by atoms with Gasteiger partial charge in [0.15, 0.2) is 17.5 Å². The van der Waals surface area contributed by atoms with Crippen LogP contribution in [0.25, 0.3) is 0 Å². The summed E-state index contributed by atoms with van der Waals surface area (Å²) >= 11 is 0. The van der Waals surface area contributed by atoms with Gasteiger partial charge in [0.2, 0.25) is 5.95 Å². The number of aromatic nitrogens is 3. The summed E-state index contributed by atoms with van der Waals surface area (Å²) in [6.07, 6.45) is 3.53.